The number of hydrogen-bond donors (Lipinski definition) is 2. The van der Waals surface area contributed by atoms with E-state index < -0.39 is 0 Å². The molecule has 20 heavy (non-hydrogen) atoms. The lowest BCUT2D eigenvalue weighted by Gasteiger charge is -2.27. The highest BCUT2D eigenvalue weighted by atomic mass is 35.5. The average Bonchev–Trinajstić information content (AvgIpc) is 2.37. The minimum Gasteiger partial charge on any atom is -0.497 e. The highest BCUT2D eigenvalue weighted by molar-refractivity contribution is 8.00. The van der Waals surface area contributed by atoms with Crippen molar-refractivity contribution in [3.05, 3.63) is 24.3 Å². The van der Waals surface area contributed by atoms with Crippen molar-refractivity contribution >= 4 is 30.1 Å². The number of carbonyl (C=O) groups excluding carboxylic acids is 1. The number of benzene rings is 1. The van der Waals surface area contributed by atoms with Gasteiger partial charge < -0.3 is 15.4 Å². The fraction of sp³-hybridized carbons (Fsp3) is 0.500. The average molecular weight is 317 g/mol. The zero-order chi connectivity index (χ0) is 13.7. The Labute approximate surface area is 130 Å². The van der Waals surface area contributed by atoms with Gasteiger partial charge in [-0.3, -0.25) is 4.79 Å². The van der Waals surface area contributed by atoms with Crippen molar-refractivity contribution in [2.75, 3.05) is 26.7 Å². The lowest BCUT2D eigenvalue weighted by molar-refractivity contribution is -0.120. The van der Waals surface area contributed by atoms with Crippen molar-refractivity contribution in [2.45, 2.75) is 17.1 Å². The minimum atomic E-state index is -0.0820. The molecular weight excluding hydrogens is 296 g/mol. The molecule has 1 atom stereocenters. The molecule has 6 heteroatoms. The standard InChI is InChI=1S/C14H20N2O2S.ClH/c1-10(14(17)16-9-11-7-15-8-11)19-13-5-3-12(18-2)4-6-13;/h3-6,10-11,15H,7-9H2,1-2H3,(H,16,17);1H. The third kappa shape index (κ3) is 4.89. The van der Waals surface area contributed by atoms with Crippen molar-refractivity contribution in [1.82, 2.24) is 10.6 Å². The van der Waals surface area contributed by atoms with E-state index >= 15 is 0 Å². The summed E-state index contributed by atoms with van der Waals surface area (Å²) in [7, 11) is 1.65. The van der Waals surface area contributed by atoms with E-state index in [1.54, 1.807) is 18.9 Å². The van der Waals surface area contributed by atoms with Crippen LogP contribution in [0.2, 0.25) is 0 Å². The monoisotopic (exact) mass is 316 g/mol. The zero-order valence-corrected chi connectivity index (χ0v) is 13.4. The van der Waals surface area contributed by atoms with Gasteiger partial charge in [0.25, 0.3) is 0 Å². The van der Waals surface area contributed by atoms with Gasteiger partial charge in [-0.15, -0.1) is 24.2 Å². The number of nitrogens with one attached hydrogen (secondary N) is 2. The minimum absolute atomic E-state index is 0. The van der Waals surface area contributed by atoms with Crippen molar-refractivity contribution in [1.29, 1.82) is 0 Å². The van der Waals surface area contributed by atoms with E-state index in [-0.39, 0.29) is 23.6 Å². The number of methoxy groups -OCH3 is 1. The maximum atomic E-state index is 11.9. The summed E-state index contributed by atoms with van der Waals surface area (Å²) in [6.07, 6.45) is 0. The van der Waals surface area contributed by atoms with Gasteiger partial charge in [0.05, 0.1) is 12.4 Å². The normalized spacial score (nSPS) is 15.7. The van der Waals surface area contributed by atoms with Crippen LogP contribution in [0.25, 0.3) is 0 Å². The maximum absolute atomic E-state index is 11.9. The van der Waals surface area contributed by atoms with Gasteiger partial charge in [-0.2, -0.15) is 0 Å². The van der Waals surface area contributed by atoms with Crippen LogP contribution >= 0.6 is 24.2 Å². The Kier molecular flexibility index (Phi) is 7.19. The first kappa shape index (κ1) is 17.1. The summed E-state index contributed by atoms with van der Waals surface area (Å²) in [5.41, 5.74) is 0. The molecule has 0 aromatic heterocycles. The van der Waals surface area contributed by atoms with Gasteiger partial charge in [-0.05, 0) is 31.2 Å². The fourth-order valence-electron chi connectivity index (χ4n) is 1.79. The van der Waals surface area contributed by atoms with Crippen LogP contribution in [0, 0.1) is 5.92 Å². The van der Waals surface area contributed by atoms with E-state index in [2.05, 4.69) is 10.6 Å². The van der Waals surface area contributed by atoms with E-state index in [0.717, 1.165) is 30.3 Å². The predicted octanol–water partition coefficient (Wildman–Crippen LogP) is 1.93. The molecule has 0 spiro atoms. The van der Waals surface area contributed by atoms with Gasteiger partial charge in [0, 0.05) is 30.4 Å². The molecule has 1 aromatic rings. The van der Waals surface area contributed by atoms with Crippen molar-refractivity contribution in [2.24, 2.45) is 5.92 Å². The number of amides is 1. The van der Waals surface area contributed by atoms with Crippen LogP contribution in [0.5, 0.6) is 5.75 Å². The second kappa shape index (κ2) is 8.39. The second-order valence-electron chi connectivity index (χ2n) is 4.71. The van der Waals surface area contributed by atoms with Crippen LogP contribution in [0.1, 0.15) is 6.92 Å². The van der Waals surface area contributed by atoms with Crippen molar-refractivity contribution in [3.8, 4) is 5.75 Å². The van der Waals surface area contributed by atoms with Crippen LogP contribution in [-0.4, -0.2) is 37.9 Å². The van der Waals surface area contributed by atoms with Gasteiger partial charge in [0.1, 0.15) is 5.75 Å². The van der Waals surface area contributed by atoms with E-state index in [4.69, 9.17) is 4.74 Å². The fourth-order valence-corrected chi connectivity index (χ4v) is 2.69. The number of rotatable bonds is 6. The topological polar surface area (TPSA) is 50.4 Å². The lowest BCUT2D eigenvalue weighted by Crippen LogP contribution is -2.49. The molecule has 0 saturated carbocycles. The summed E-state index contributed by atoms with van der Waals surface area (Å²) in [4.78, 5) is 13.0. The molecule has 4 nitrogen and oxygen atoms in total. The highest BCUT2D eigenvalue weighted by Gasteiger charge is 2.19. The van der Waals surface area contributed by atoms with E-state index in [1.807, 2.05) is 31.2 Å². The molecule has 0 radical (unpaired) electrons. The molecule has 1 aliphatic rings. The Morgan fingerprint density at radius 3 is 2.60 bits per heavy atom. The molecule has 1 saturated heterocycles. The molecule has 1 fully saturated rings. The van der Waals surface area contributed by atoms with Crippen molar-refractivity contribution < 1.29 is 9.53 Å². The molecule has 2 rings (SSSR count). The van der Waals surface area contributed by atoms with Crippen LogP contribution in [0.4, 0.5) is 0 Å². The van der Waals surface area contributed by atoms with Gasteiger partial charge >= 0.3 is 0 Å². The van der Waals surface area contributed by atoms with Gasteiger partial charge in [0.15, 0.2) is 0 Å². The highest BCUT2D eigenvalue weighted by Crippen LogP contribution is 2.25. The summed E-state index contributed by atoms with van der Waals surface area (Å²) in [5.74, 6) is 1.54. The number of carbonyl (C=O) groups is 1. The molecule has 1 unspecified atom stereocenters. The Morgan fingerprint density at radius 1 is 1.45 bits per heavy atom. The molecule has 0 aliphatic carbocycles. The van der Waals surface area contributed by atoms with E-state index in [0.29, 0.717) is 5.92 Å². The first-order valence-electron chi connectivity index (χ1n) is 6.48. The molecule has 1 amide bonds. The smallest absolute Gasteiger partial charge is 0.233 e. The number of ether oxygens (including phenoxy) is 1. The Balaban J connectivity index is 0.00000200. The van der Waals surface area contributed by atoms with Gasteiger partial charge in [-0.25, -0.2) is 0 Å². The van der Waals surface area contributed by atoms with E-state index in [1.165, 1.54) is 0 Å². The van der Waals surface area contributed by atoms with Gasteiger partial charge in [-0.1, -0.05) is 0 Å². The summed E-state index contributed by atoms with van der Waals surface area (Å²) < 4.78 is 5.11. The number of hydrogen-bond acceptors (Lipinski definition) is 4. The number of halogens is 1. The molecule has 0 bridgehead atoms. The molecule has 2 N–H and O–H groups in total. The lowest BCUT2D eigenvalue weighted by atomic mass is 10.0. The molecule has 1 heterocycles. The van der Waals surface area contributed by atoms with Crippen molar-refractivity contribution in [3.63, 3.8) is 0 Å². The Morgan fingerprint density at radius 2 is 2.10 bits per heavy atom. The summed E-state index contributed by atoms with van der Waals surface area (Å²) in [6, 6.07) is 7.77. The quantitative estimate of drug-likeness (QED) is 0.788. The molecule has 1 aliphatic heterocycles. The SMILES string of the molecule is COc1ccc(SC(C)C(=O)NCC2CNC2)cc1.Cl. The second-order valence-corrected chi connectivity index (χ2v) is 6.12. The Bertz CT molecular complexity index is 424. The first-order chi connectivity index (χ1) is 9.19. The van der Waals surface area contributed by atoms with Gasteiger partial charge in [0.2, 0.25) is 5.91 Å². The molecule has 1 aromatic carbocycles. The Hall–Kier alpha value is -0.910. The number of thioether (sulfide) groups is 1. The molecule has 112 valence electrons. The summed E-state index contributed by atoms with van der Waals surface area (Å²) in [5, 5.41) is 6.12. The van der Waals surface area contributed by atoms with Crippen LogP contribution in [0.3, 0.4) is 0 Å². The summed E-state index contributed by atoms with van der Waals surface area (Å²) in [6.45, 7) is 4.74. The van der Waals surface area contributed by atoms with Crippen LogP contribution in [0.15, 0.2) is 29.2 Å². The van der Waals surface area contributed by atoms with Crippen LogP contribution < -0.4 is 15.4 Å². The zero-order valence-electron chi connectivity index (χ0n) is 11.7. The first-order valence-corrected chi connectivity index (χ1v) is 7.36. The largest absolute Gasteiger partial charge is 0.497 e. The van der Waals surface area contributed by atoms with Crippen LogP contribution in [-0.2, 0) is 4.79 Å². The third-order valence-electron chi connectivity index (χ3n) is 3.17. The third-order valence-corrected chi connectivity index (χ3v) is 4.28. The maximum Gasteiger partial charge on any atom is 0.233 e. The predicted molar refractivity (Wildman–Crippen MR) is 84.9 cm³/mol. The molecular formula is C14H21ClN2O2S. The summed E-state index contributed by atoms with van der Waals surface area (Å²) >= 11 is 1.56. The van der Waals surface area contributed by atoms with E-state index in [9.17, 15) is 4.79 Å².